The average Bonchev–Trinajstić information content (AvgIpc) is 2.43. The van der Waals surface area contributed by atoms with Crippen molar-refractivity contribution in [1.82, 2.24) is 0 Å². The quantitative estimate of drug-likeness (QED) is 0.752. The largest absolute Gasteiger partial charge is 0.507 e. The molecule has 2 nitrogen and oxygen atoms in total. The van der Waals surface area contributed by atoms with Gasteiger partial charge in [-0.2, -0.15) is 0 Å². The molecule has 3 rings (SSSR count). The normalized spacial score (nSPS) is 25.5. The lowest BCUT2D eigenvalue weighted by Crippen LogP contribution is -2.25. The molecule has 0 saturated heterocycles. The molecule has 2 atom stereocenters. The van der Waals surface area contributed by atoms with Crippen LogP contribution >= 0.6 is 0 Å². The van der Waals surface area contributed by atoms with Gasteiger partial charge in [-0.1, -0.05) is 29.9 Å². The van der Waals surface area contributed by atoms with E-state index >= 15 is 0 Å². The molecule has 0 aliphatic heterocycles. The highest BCUT2D eigenvalue weighted by Crippen LogP contribution is 2.43. The minimum absolute atomic E-state index is 0.298. The van der Waals surface area contributed by atoms with E-state index in [0.717, 1.165) is 29.7 Å². The number of allylic oxidation sites excluding steroid dienone is 6. The predicted molar refractivity (Wildman–Crippen MR) is 78.4 cm³/mol. The zero-order chi connectivity index (χ0) is 13.4. The van der Waals surface area contributed by atoms with Crippen molar-refractivity contribution in [2.45, 2.75) is 19.8 Å². The van der Waals surface area contributed by atoms with Crippen LogP contribution in [0.5, 0.6) is 5.75 Å². The van der Waals surface area contributed by atoms with Crippen LogP contribution in [0.4, 0.5) is 0 Å². The Morgan fingerprint density at radius 1 is 1.26 bits per heavy atom. The van der Waals surface area contributed by atoms with Crippen LogP contribution in [-0.4, -0.2) is 5.11 Å². The van der Waals surface area contributed by atoms with Gasteiger partial charge in [-0.15, -0.1) is 0 Å². The van der Waals surface area contributed by atoms with E-state index in [1.807, 2.05) is 19.1 Å². The summed E-state index contributed by atoms with van der Waals surface area (Å²) in [6.45, 7) is 2.05. The van der Waals surface area contributed by atoms with Gasteiger partial charge in [-0.3, -0.25) is 0 Å². The van der Waals surface area contributed by atoms with Gasteiger partial charge in [0, 0.05) is 23.1 Å². The first-order valence-electron chi connectivity index (χ1n) is 6.80. The molecule has 3 N–H and O–H groups in total. The van der Waals surface area contributed by atoms with Crippen molar-refractivity contribution in [2.75, 3.05) is 0 Å². The second kappa shape index (κ2) is 4.61. The number of aryl methyl sites for hydroxylation is 1. The number of fused-ring (bicyclic) bond motifs is 1. The van der Waals surface area contributed by atoms with E-state index in [1.165, 1.54) is 5.57 Å². The smallest absolute Gasteiger partial charge is 0.123 e. The molecule has 2 aliphatic carbocycles. The van der Waals surface area contributed by atoms with E-state index in [2.05, 4.69) is 24.3 Å². The number of rotatable bonds is 1. The molecule has 0 aromatic heterocycles. The Hall–Kier alpha value is -1.96. The first-order chi connectivity index (χ1) is 9.16. The molecule has 2 unspecified atom stereocenters. The van der Waals surface area contributed by atoms with Gasteiger partial charge in [0.2, 0.25) is 0 Å². The Kier molecular flexibility index (Phi) is 2.94. The maximum atomic E-state index is 10.1. The number of phenols is 1. The highest BCUT2D eigenvalue weighted by atomic mass is 16.3. The van der Waals surface area contributed by atoms with Gasteiger partial charge in [0.05, 0.1) is 0 Å². The van der Waals surface area contributed by atoms with Crippen LogP contribution in [0.1, 0.15) is 24.0 Å². The molecule has 0 amide bonds. The third-order valence-corrected chi connectivity index (χ3v) is 4.13. The van der Waals surface area contributed by atoms with Crippen LogP contribution in [-0.2, 0) is 0 Å². The first kappa shape index (κ1) is 12.1. The number of phenolic OH excluding ortho intramolecular Hbond substituents is 1. The van der Waals surface area contributed by atoms with Crippen molar-refractivity contribution in [3.63, 3.8) is 0 Å². The third-order valence-electron chi connectivity index (χ3n) is 4.13. The summed E-state index contributed by atoms with van der Waals surface area (Å²) in [6.07, 6.45) is 10.7. The summed E-state index contributed by atoms with van der Waals surface area (Å²) in [7, 11) is 0. The number of aromatic hydroxyl groups is 1. The van der Waals surface area contributed by atoms with Gasteiger partial charge in [-0.25, -0.2) is 0 Å². The summed E-state index contributed by atoms with van der Waals surface area (Å²) in [5, 5.41) is 10.1. The molecule has 0 saturated carbocycles. The maximum absolute atomic E-state index is 10.1. The summed E-state index contributed by atoms with van der Waals surface area (Å²) < 4.78 is 0. The molecule has 0 heterocycles. The van der Waals surface area contributed by atoms with Crippen molar-refractivity contribution in [3.05, 3.63) is 59.3 Å². The van der Waals surface area contributed by atoms with Crippen LogP contribution in [0.25, 0.3) is 5.57 Å². The van der Waals surface area contributed by atoms with Crippen LogP contribution in [0.15, 0.2) is 48.2 Å². The highest BCUT2D eigenvalue weighted by molar-refractivity contribution is 5.76. The molecular formula is C17H19NO. The van der Waals surface area contributed by atoms with Crippen LogP contribution < -0.4 is 5.73 Å². The van der Waals surface area contributed by atoms with E-state index in [0.29, 0.717) is 17.6 Å². The Labute approximate surface area is 113 Å². The van der Waals surface area contributed by atoms with Gasteiger partial charge < -0.3 is 10.8 Å². The van der Waals surface area contributed by atoms with E-state index in [4.69, 9.17) is 5.73 Å². The number of hydrogen-bond donors (Lipinski definition) is 2. The molecule has 0 fully saturated rings. The topological polar surface area (TPSA) is 46.2 Å². The summed E-state index contributed by atoms with van der Waals surface area (Å²) in [5.41, 5.74) is 10.4. The average molecular weight is 253 g/mol. The van der Waals surface area contributed by atoms with Crippen molar-refractivity contribution in [1.29, 1.82) is 0 Å². The van der Waals surface area contributed by atoms with Gasteiger partial charge in [0.1, 0.15) is 5.75 Å². The molecule has 1 aromatic carbocycles. The fraction of sp³-hybridized carbons (Fsp3) is 0.294. The van der Waals surface area contributed by atoms with E-state index in [1.54, 1.807) is 6.07 Å². The lowest BCUT2D eigenvalue weighted by Gasteiger charge is -2.33. The fourth-order valence-corrected chi connectivity index (χ4v) is 3.10. The van der Waals surface area contributed by atoms with E-state index < -0.39 is 0 Å². The molecule has 0 spiro atoms. The number of nitrogens with two attached hydrogens (primary N) is 1. The molecule has 2 aliphatic rings. The van der Waals surface area contributed by atoms with Crippen molar-refractivity contribution in [2.24, 2.45) is 17.6 Å². The molecule has 19 heavy (non-hydrogen) atoms. The van der Waals surface area contributed by atoms with Crippen molar-refractivity contribution < 1.29 is 5.11 Å². The van der Waals surface area contributed by atoms with Crippen molar-refractivity contribution >= 4 is 5.57 Å². The van der Waals surface area contributed by atoms with E-state index in [9.17, 15) is 5.11 Å². The lowest BCUT2D eigenvalue weighted by molar-refractivity contribution is 0.458. The minimum atomic E-state index is 0.298. The number of benzene rings is 1. The molecule has 0 radical (unpaired) electrons. The zero-order valence-corrected chi connectivity index (χ0v) is 11.1. The summed E-state index contributed by atoms with van der Waals surface area (Å²) >= 11 is 0. The van der Waals surface area contributed by atoms with Gasteiger partial charge >= 0.3 is 0 Å². The summed E-state index contributed by atoms with van der Waals surface area (Å²) in [6, 6.07) is 5.76. The molecule has 0 bridgehead atoms. The fourth-order valence-electron chi connectivity index (χ4n) is 3.10. The monoisotopic (exact) mass is 253 g/mol. The predicted octanol–water partition coefficient (Wildman–Crippen LogP) is 3.52. The Bertz CT molecular complexity index is 595. The highest BCUT2D eigenvalue weighted by Gasteiger charge is 2.30. The Morgan fingerprint density at radius 3 is 2.95 bits per heavy atom. The molecular weight excluding hydrogens is 234 g/mol. The van der Waals surface area contributed by atoms with Crippen LogP contribution in [0, 0.1) is 18.8 Å². The first-order valence-corrected chi connectivity index (χ1v) is 6.80. The third kappa shape index (κ3) is 2.07. The van der Waals surface area contributed by atoms with Crippen molar-refractivity contribution in [3.8, 4) is 5.75 Å². The van der Waals surface area contributed by atoms with Gasteiger partial charge in [0.15, 0.2) is 0 Å². The zero-order valence-electron chi connectivity index (χ0n) is 11.1. The molecule has 2 heteroatoms. The van der Waals surface area contributed by atoms with Crippen LogP contribution in [0.3, 0.4) is 0 Å². The second-order valence-electron chi connectivity index (χ2n) is 5.45. The Balaban J connectivity index is 2.10. The lowest BCUT2D eigenvalue weighted by atomic mass is 9.73. The van der Waals surface area contributed by atoms with Gasteiger partial charge in [-0.05, 0) is 43.5 Å². The molecule has 1 aromatic rings. The SMILES string of the molecule is Cc1ccc(O)c(C2=CC=C(N)C3CCC=CC23)c1. The summed E-state index contributed by atoms with van der Waals surface area (Å²) in [5.74, 6) is 1.03. The second-order valence-corrected chi connectivity index (χ2v) is 5.45. The summed E-state index contributed by atoms with van der Waals surface area (Å²) in [4.78, 5) is 0. The minimum Gasteiger partial charge on any atom is -0.507 e. The Morgan fingerprint density at radius 2 is 2.11 bits per heavy atom. The van der Waals surface area contributed by atoms with Gasteiger partial charge in [0.25, 0.3) is 0 Å². The maximum Gasteiger partial charge on any atom is 0.123 e. The van der Waals surface area contributed by atoms with E-state index in [-0.39, 0.29) is 0 Å². The standard InChI is InChI=1S/C17H19NO/c1-11-6-9-17(19)15(10-11)13-7-8-16(18)14-5-3-2-4-12(13)14/h2,4,6-10,12,14,19H,3,5,18H2,1H3. The molecule has 98 valence electrons. The van der Waals surface area contributed by atoms with Crippen LogP contribution in [0.2, 0.25) is 0 Å². The number of hydrogen-bond acceptors (Lipinski definition) is 2.